The van der Waals surface area contributed by atoms with Gasteiger partial charge in [-0.2, -0.15) is 5.10 Å². The van der Waals surface area contributed by atoms with Gasteiger partial charge in [0.2, 0.25) is 6.23 Å². The molecule has 0 aromatic heterocycles. The van der Waals surface area contributed by atoms with Gasteiger partial charge in [-0.05, 0) is 48.9 Å². The Labute approximate surface area is 178 Å². The fraction of sp³-hybridized carbons (Fsp3) is 0.174. The molecule has 1 N–H and O–H groups in total. The van der Waals surface area contributed by atoms with Crippen LogP contribution in [0.5, 0.6) is 11.5 Å². The average Bonchev–Trinajstić information content (AvgIpc) is 3.16. The van der Waals surface area contributed by atoms with Gasteiger partial charge in [-0.1, -0.05) is 53.0 Å². The topological polar surface area (TPSA) is 45.1 Å². The lowest BCUT2D eigenvalue weighted by Crippen LogP contribution is -2.33. The van der Waals surface area contributed by atoms with Crippen molar-refractivity contribution >= 4 is 28.9 Å². The Morgan fingerprint density at radius 3 is 2.41 bits per heavy atom. The maximum Gasteiger partial charge on any atom is 0.217 e. The molecule has 2 heterocycles. The minimum absolute atomic E-state index is 0.0443. The molecule has 0 bridgehead atoms. The van der Waals surface area contributed by atoms with E-state index in [9.17, 15) is 5.11 Å². The van der Waals surface area contributed by atoms with Crippen molar-refractivity contribution in [3.63, 3.8) is 0 Å². The van der Waals surface area contributed by atoms with Crippen LogP contribution in [0.25, 0.3) is 0 Å². The van der Waals surface area contributed by atoms with Gasteiger partial charge in [0.1, 0.15) is 11.5 Å². The Bertz CT molecular complexity index is 1130. The van der Waals surface area contributed by atoms with Crippen molar-refractivity contribution in [2.45, 2.75) is 25.6 Å². The van der Waals surface area contributed by atoms with Crippen LogP contribution in [0.3, 0.4) is 0 Å². The molecule has 29 heavy (non-hydrogen) atoms. The molecule has 4 nitrogen and oxygen atoms in total. The summed E-state index contributed by atoms with van der Waals surface area (Å²) in [4.78, 5) is 0. The molecule has 3 aromatic rings. The second-order valence-corrected chi connectivity index (χ2v) is 8.24. The highest BCUT2D eigenvalue weighted by atomic mass is 35.5. The summed E-state index contributed by atoms with van der Waals surface area (Å²) >= 11 is 12.5. The number of aromatic hydroxyl groups is 1. The molecule has 2 aliphatic heterocycles. The van der Waals surface area contributed by atoms with Gasteiger partial charge in [0.25, 0.3) is 0 Å². The zero-order chi connectivity index (χ0) is 20.1. The largest absolute Gasteiger partial charge is 0.507 e. The van der Waals surface area contributed by atoms with E-state index < -0.39 is 6.23 Å². The maximum atomic E-state index is 10.5. The van der Waals surface area contributed by atoms with Crippen LogP contribution >= 0.6 is 23.2 Å². The van der Waals surface area contributed by atoms with E-state index in [1.54, 1.807) is 18.2 Å². The van der Waals surface area contributed by atoms with Gasteiger partial charge in [-0.25, -0.2) is 5.01 Å². The van der Waals surface area contributed by atoms with Crippen LogP contribution < -0.4 is 4.74 Å². The molecule has 0 unspecified atom stereocenters. The van der Waals surface area contributed by atoms with E-state index in [-0.39, 0.29) is 11.8 Å². The number of fused-ring (bicyclic) bond motifs is 3. The van der Waals surface area contributed by atoms with Crippen LogP contribution in [-0.4, -0.2) is 15.8 Å². The second-order valence-electron chi connectivity index (χ2n) is 7.37. The van der Waals surface area contributed by atoms with E-state index >= 15 is 0 Å². The molecule has 0 saturated carbocycles. The van der Waals surface area contributed by atoms with Gasteiger partial charge < -0.3 is 9.84 Å². The first-order valence-corrected chi connectivity index (χ1v) is 10.1. The predicted octanol–water partition coefficient (Wildman–Crippen LogP) is 6.25. The number of hydrazone groups is 1. The van der Waals surface area contributed by atoms with Gasteiger partial charge in [-0.3, -0.25) is 0 Å². The Morgan fingerprint density at radius 2 is 1.66 bits per heavy atom. The molecular weight excluding hydrogens is 407 g/mol. The molecule has 0 fully saturated rings. The Kier molecular flexibility index (Phi) is 4.41. The van der Waals surface area contributed by atoms with Crippen molar-refractivity contribution in [2.24, 2.45) is 5.10 Å². The molecule has 0 spiro atoms. The standard InChI is InChI=1S/C23H18Cl2N2O2/c1-13-2-4-14(5-3-13)19-12-20-17-10-16(25)7-9-22(17)29-23(27(20)26-19)18-11-15(24)6-8-21(18)28/h2-11,20,23,28H,12H2,1H3/t20-,23-/m0/s1. The fourth-order valence-corrected chi connectivity index (χ4v) is 4.27. The molecule has 0 radical (unpaired) electrons. The van der Waals surface area contributed by atoms with Gasteiger partial charge in [0.05, 0.1) is 17.3 Å². The molecule has 2 atom stereocenters. The predicted molar refractivity (Wildman–Crippen MR) is 115 cm³/mol. The van der Waals surface area contributed by atoms with E-state index in [4.69, 9.17) is 33.0 Å². The number of benzene rings is 3. The number of hydrogen-bond acceptors (Lipinski definition) is 4. The summed E-state index contributed by atoms with van der Waals surface area (Å²) in [6, 6.07) is 18.8. The number of nitrogens with zero attached hydrogens (tertiary/aromatic N) is 2. The van der Waals surface area contributed by atoms with Crippen molar-refractivity contribution in [2.75, 3.05) is 0 Å². The normalized spacial score (nSPS) is 20.0. The van der Waals surface area contributed by atoms with Crippen molar-refractivity contribution in [1.29, 1.82) is 0 Å². The summed E-state index contributed by atoms with van der Waals surface area (Å²) in [5.74, 6) is 0.856. The summed E-state index contributed by atoms with van der Waals surface area (Å²) in [6.07, 6.45) is 0.132. The molecule has 0 saturated heterocycles. The van der Waals surface area contributed by atoms with Crippen LogP contribution in [-0.2, 0) is 0 Å². The zero-order valence-electron chi connectivity index (χ0n) is 15.6. The second kappa shape index (κ2) is 6.97. The number of aryl methyl sites for hydroxylation is 1. The molecule has 3 aromatic carbocycles. The van der Waals surface area contributed by atoms with E-state index in [0.29, 0.717) is 15.6 Å². The van der Waals surface area contributed by atoms with Crippen molar-refractivity contribution in [1.82, 2.24) is 5.01 Å². The van der Waals surface area contributed by atoms with Crippen LogP contribution in [0.15, 0.2) is 65.8 Å². The summed E-state index contributed by atoms with van der Waals surface area (Å²) < 4.78 is 6.27. The lowest BCUT2D eigenvalue weighted by Gasteiger charge is -2.38. The number of phenolic OH excluding ortho intramolecular Hbond substituents is 1. The van der Waals surface area contributed by atoms with Gasteiger partial charge in [-0.15, -0.1) is 0 Å². The highest BCUT2D eigenvalue weighted by Crippen LogP contribution is 2.49. The van der Waals surface area contributed by atoms with Crippen LogP contribution in [0, 0.1) is 6.92 Å². The molecule has 2 aliphatic rings. The first-order valence-electron chi connectivity index (χ1n) is 9.37. The third kappa shape index (κ3) is 3.22. The average molecular weight is 425 g/mol. The van der Waals surface area contributed by atoms with Gasteiger partial charge in [0.15, 0.2) is 0 Å². The monoisotopic (exact) mass is 424 g/mol. The van der Waals surface area contributed by atoms with Crippen LogP contribution in [0.1, 0.15) is 40.9 Å². The number of hydrogen-bond donors (Lipinski definition) is 1. The maximum absolute atomic E-state index is 10.5. The molecule has 146 valence electrons. The SMILES string of the molecule is Cc1ccc(C2=NN3[C@@H](C2)c2cc(Cl)ccc2O[C@H]3c2cc(Cl)ccc2O)cc1. The third-order valence-corrected chi connectivity index (χ3v) is 5.86. The minimum Gasteiger partial charge on any atom is -0.507 e. The van der Waals surface area contributed by atoms with Gasteiger partial charge in [0, 0.05) is 22.0 Å². The Hall–Kier alpha value is -2.69. The number of rotatable bonds is 2. The lowest BCUT2D eigenvalue weighted by molar-refractivity contribution is -0.0203. The highest BCUT2D eigenvalue weighted by Gasteiger charge is 2.42. The summed E-state index contributed by atoms with van der Waals surface area (Å²) in [6.45, 7) is 2.06. The first-order chi connectivity index (χ1) is 14.0. The molecule has 0 aliphatic carbocycles. The van der Waals surface area contributed by atoms with E-state index in [2.05, 4.69) is 31.2 Å². The number of phenols is 1. The zero-order valence-corrected chi connectivity index (χ0v) is 17.2. The Balaban J connectivity index is 1.63. The van der Waals surface area contributed by atoms with Crippen LogP contribution in [0.4, 0.5) is 0 Å². The molecule has 5 rings (SSSR count). The molecular formula is C23H18Cl2N2O2. The quantitative estimate of drug-likeness (QED) is 0.528. The molecule has 0 amide bonds. The Morgan fingerprint density at radius 1 is 0.966 bits per heavy atom. The number of ether oxygens (including phenoxy) is 1. The minimum atomic E-state index is -0.588. The first kappa shape index (κ1) is 18.3. The highest BCUT2D eigenvalue weighted by molar-refractivity contribution is 6.31. The summed E-state index contributed by atoms with van der Waals surface area (Å²) in [7, 11) is 0. The van der Waals surface area contributed by atoms with E-state index in [0.717, 1.165) is 29.0 Å². The van der Waals surface area contributed by atoms with E-state index in [1.807, 2.05) is 23.2 Å². The van der Waals surface area contributed by atoms with Crippen molar-refractivity contribution in [3.8, 4) is 11.5 Å². The molecule has 6 heteroatoms. The fourth-order valence-electron chi connectivity index (χ4n) is 3.91. The smallest absolute Gasteiger partial charge is 0.217 e. The van der Waals surface area contributed by atoms with Crippen molar-refractivity contribution < 1.29 is 9.84 Å². The van der Waals surface area contributed by atoms with E-state index in [1.165, 1.54) is 5.56 Å². The lowest BCUT2D eigenvalue weighted by atomic mass is 9.95. The van der Waals surface area contributed by atoms with Crippen molar-refractivity contribution in [3.05, 3.63) is 93.0 Å². The summed E-state index contributed by atoms with van der Waals surface area (Å²) in [5, 5.41) is 18.5. The summed E-state index contributed by atoms with van der Waals surface area (Å²) in [5.41, 5.74) is 4.81. The number of halogens is 2. The van der Waals surface area contributed by atoms with Crippen LogP contribution in [0.2, 0.25) is 10.0 Å². The van der Waals surface area contributed by atoms with Gasteiger partial charge >= 0.3 is 0 Å². The third-order valence-electron chi connectivity index (χ3n) is 5.39.